The molecule has 1 N–H and O–H groups in total. The van der Waals surface area contributed by atoms with Gasteiger partial charge < -0.3 is 5.32 Å². The van der Waals surface area contributed by atoms with Crippen LogP contribution in [0.5, 0.6) is 0 Å². The third-order valence-corrected chi connectivity index (χ3v) is 4.63. The van der Waals surface area contributed by atoms with E-state index < -0.39 is 0 Å². The zero-order chi connectivity index (χ0) is 17.1. The predicted octanol–water partition coefficient (Wildman–Crippen LogP) is 5.25. The number of rotatable bonds is 4. The summed E-state index contributed by atoms with van der Waals surface area (Å²) in [6.45, 7) is 0.487. The fourth-order valence-electron chi connectivity index (χ4n) is 2.17. The second-order valence-electron chi connectivity index (χ2n) is 5.07. The Morgan fingerprint density at radius 2 is 1.96 bits per heavy atom. The molecule has 0 spiro atoms. The van der Waals surface area contributed by atoms with Gasteiger partial charge in [0, 0.05) is 26.8 Å². The Kier molecular flexibility index (Phi) is 5.23. The quantitative estimate of drug-likeness (QED) is 0.621. The Bertz CT molecular complexity index is 895. The van der Waals surface area contributed by atoms with Crippen LogP contribution in [0.15, 0.2) is 59.2 Å². The van der Waals surface area contributed by atoms with Crippen LogP contribution in [-0.2, 0) is 6.54 Å². The summed E-state index contributed by atoms with van der Waals surface area (Å²) < 4.78 is 2.43. The number of anilines is 1. The average molecular weight is 425 g/mol. The third-order valence-electron chi connectivity index (χ3n) is 3.35. The van der Waals surface area contributed by atoms with Crippen LogP contribution in [0.1, 0.15) is 15.9 Å². The highest BCUT2D eigenvalue weighted by Crippen LogP contribution is 2.22. The highest BCUT2D eigenvalue weighted by atomic mass is 79.9. The number of aromatic nitrogens is 2. The molecule has 1 heterocycles. The fraction of sp³-hybridized carbons (Fsp3) is 0.0588. The summed E-state index contributed by atoms with van der Waals surface area (Å²) in [6, 6.07) is 14.3. The van der Waals surface area contributed by atoms with Crippen LogP contribution in [-0.4, -0.2) is 15.7 Å². The zero-order valence-electron chi connectivity index (χ0n) is 12.3. The van der Waals surface area contributed by atoms with Gasteiger partial charge in [0.25, 0.3) is 5.91 Å². The first kappa shape index (κ1) is 17.0. The molecule has 0 aliphatic rings. The van der Waals surface area contributed by atoms with Crippen molar-refractivity contribution in [2.24, 2.45) is 0 Å². The molecule has 1 aromatic heterocycles. The summed E-state index contributed by atoms with van der Waals surface area (Å²) >= 11 is 15.4. The first-order chi connectivity index (χ1) is 11.5. The molecule has 3 rings (SSSR count). The Hall–Kier alpha value is -1.82. The lowest BCUT2D eigenvalue weighted by molar-refractivity contribution is 0.102. The smallest absolute Gasteiger partial charge is 0.258 e. The lowest BCUT2D eigenvalue weighted by Crippen LogP contribution is -2.13. The number of nitrogens with zero attached hydrogens (tertiary/aromatic N) is 2. The van der Waals surface area contributed by atoms with Crippen molar-refractivity contribution in [3.63, 3.8) is 0 Å². The molecule has 0 fully saturated rings. The lowest BCUT2D eigenvalue weighted by Gasteiger charge is -2.06. The Morgan fingerprint density at radius 3 is 2.71 bits per heavy atom. The minimum absolute atomic E-state index is 0.225. The second-order valence-corrected chi connectivity index (χ2v) is 6.77. The van der Waals surface area contributed by atoms with Crippen molar-refractivity contribution < 1.29 is 4.79 Å². The fourth-order valence-corrected chi connectivity index (χ4v) is 3.10. The molecule has 7 heteroatoms. The maximum Gasteiger partial charge on any atom is 0.258 e. The second kappa shape index (κ2) is 7.38. The van der Waals surface area contributed by atoms with Crippen LogP contribution in [0, 0.1) is 0 Å². The van der Waals surface area contributed by atoms with Crippen molar-refractivity contribution >= 4 is 50.9 Å². The van der Waals surface area contributed by atoms with Crippen LogP contribution < -0.4 is 5.32 Å². The van der Waals surface area contributed by atoms with Gasteiger partial charge in [-0.1, -0.05) is 41.4 Å². The first-order valence-electron chi connectivity index (χ1n) is 7.06. The maximum atomic E-state index is 12.3. The van der Waals surface area contributed by atoms with Crippen molar-refractivity contribution in [2.75, 3.05) is 5.32 Å². The molecule has 4 nitrogen and oxygen atoms in total. The summed E-state index contributed by atoms with van der Waals surface area (Å²) in [4.78, 5) is 12.3. The van der Waals surface area contributed by atoms with E-state index in [1.807, 2.05) is 18.2 Å². The predicted molar refractivity (Wildman–Crippen MR) is 99.9 cm³/mol. The van der Waals surface area contributed by atoms with Crippen LogP contribution in [0.25, 0.3) is 0 Å². The van der Waals surface area contributed by atoms with Gasteiger partial charge in [0.1, 0.15) is 0 Å². The molecule has 0 radical (unpaired) electrons. The topological polar surface area (TPSA) is 46.9 Å². The van der Waals surface area contributed by atoms with Crippen LogP contribution in [0.2, 0.25) is 10.0 Å². The molecule has 0 saturated heterocycles. The van der Waals surface area contributed by atoms with Gasteiger partial charge in [0.15, 0.2) is 5.82 Å². The van der Waals surface area contributed by atoms with E-state index in [2.05, 4.69) is 26.3 Å². The molecule has 0 saturated carbocycles. The molecule has 122 valence electrons. The molecule has 0 aliphatic carbocycles. The van der Waals surface area contributed by atoms with Gasteiger partial charge in [-0.05, 0) is 45.8 Å². The number of hydrogen-bond acceptors (Lipinski definition) is 2. The number of benzene rings is 2. The highest BCUT2D eigenvalue weighted by molar-refractivity contribution is 9.10. The van der Waals surface area contributed by atoms with E-state index in [0.29, 0.717) is 28.0 Å². The molecule has 1 amide bonds. The highest BCUT2D eigenvalue weighted by Gasteiger charge is 2.11. The number of carbonyl (C=O) groups excluding carboxylic acids is 1. The van der Waals surface area contributed by atoms with E-state index in [9.17, 15) is 4.79 Å². The van der Waals surface area contributed by atoms with Gasteiger partial charge in [-0.15, -0.1) is 0 Å². The van der Waals surface area contributed by atoms with Gasteiger partial charge in [0.05, 0.1) is 12.1 Å². The largest absolute Gasteiger partial charge is 0.305 e. The standard InChI is InChI=1S/C17H12BrCl2N3O/c18-14-4-2-1-3-13(14)17(24)21-16-7-8-23(22-16)10-11-5-6-12(19)9-15(11)20/h1-9H,10H2,(H,21,22,24). The Labute approximate surface area is 157 Å². The SMILES string of the molecule is O=C(Nc1ccn(Cc2ccc(Cl)cc2Cl)n1)c1ccccc1Br. The number of amides is 1. The van der Waals surface area contributed by atoms with Crippen molar-refractivity contribution in [3.8, 4) is 0 Å². The number of nitrogens with one attached hydrogen (secondary N) is 1. The minimum atomic E-state index is -0.225. The molecule has 3 aromatic rings. The van der Waals surface area contributed by atoms with Crippen LogP contribution >= 0.6 is 39.1 Å². The van der Waals surface area contributed by atoms with Gasteiger partial charge in [-0.2, -0.15) is 5.10 Å². The van der Waals surface area contributed by atoms with Gasteiger partial charge >= 0.3 is 0 Å². The zero-order valence-corrected chi connectivity index (χ0v) is 15.4. The summed E-state index contributed by atoms with van der Waals surface area (Å²) in [5, 5.41) is 8.28. The summed E-state index contributed by atoms with van der Waals surface area (Å²) in [6.07, 6.45) is 1.78. The molecule has 24 heavy (non-hydrogen) atoms. The minimum Gasteiger partial charge on any atom is -0.305 e. The third kappa shape index (κ3) is 3.98. The summed E-state index contributed by atoms with van der Waals surface area (Å²) in [5.41, 5.74) is 1.45. The monoisotopic (exact) mass is 423 g/mol. The van der Waals surface area contributed by atoms with E-state index in [4.69, 9.17) is 23.2 Å². The van der Waals surface area contributed by atoms with E-state index in [1.54, 1.807) is 41.2 Å². The van der Waals surface area contributed by atoms with Crippen LogP contribution in [0.3, 0.4) is 0 Å². The number of halogens is 3. The molecule has 0 atom stereocenters. The number of carbonyl (C=O) groups is 1. The van der Waals surface area contributed by atoms with Crippen molar-refractivity contribution in [1.82, 2.24) is 9.78 Å². The molecule has 2 aromatic carbocycles. The van der Waals surface area contributed by atoms with E-state index >= 15 is 0 Å². The van der Waals surface area contributed by atoms with Gasteiger partial charge in [-0.3, -0.25) is 9.48 Å². The summed E-state index contributed by atoms with van der Waals surface area (Å²) in [7, 11) is 0. The number of hydrogen-bond donors (Lipinski definition) is 1. The van der Waals surface area contributed by atoms with E-state index in [-0.39, 0.29) is 5.91 Å². The van der Waals surface area contributed by atoms with Crippen molar-refractivity contribution in [2.45, 2.75) is 6.54 Å². The van der Waals surface area contributed by atoms with E-state index in [1.165, 1.54) is 0 Å². The Morgan fingerprint density at radius 1 is 1.17 bits per heavy atom. The van der Waals surface area contributed by atoms with Gasteiger partial charge in [0.2, 0.25) is 0 Å². The molecule has 0 bridgehead atoms. The normalized spacial score (nSPS) is 10.6. The van der Waals surface area contributed by atoms with Crippen molar-refractivity contribution in [3.05, 3.63) is 80.4 Å². The van der Waals surface area contributed by atoms with E-state index in [0.717, 1.165) is 10.0 Å². The summed E-state index contributed by atoms with van der Waals surface area (Å²) in [5.74, 6) is 0.248. The molecular formula is C17H12BrCl2N3O. The average Bonchev–Trinajstić information content (AvgIpc) is 2.97. The molecular weight excluding hydrogens is 413 g/mol. The first-order valence-corrected chi connectivity index (χ1v) is 8.61. The maximum absolute atomic E-state index is 12.3. The molecule has 0 aliphatic heterocycles. The van der Waals surface area contributed by atoms with Gasteiger partial charge in [-0.25, -0.2) is 0 Å². The van der Waals surface area contributed by atoms with Crippen LogP contribution in [0.4, 0.5) is 5.82 Å². The lowest BCUT2D eigenvalue weighted by atomic mass is 10.2. The van der Waals surface area contributed by atoms with Crippen molar-refractivity contribution in [1.29, 1.82) is 0 Å². The Balaban J connectivity index is 1.72. The molecule has 0 unspecified atom stereocenters.